The van der Waals surface area contributed by atoms with Crippen molar-refractivity contribution in [2.24, 2.45) is 7.05 Å². The molecule has 0 aliphatic rings. The predicted octanol–water partition coefficient (Wildman–Crippen LogP) is 2.16. The molecule has 0 fully saturated rings. The average Bonchev–Trinajstić information content (AvgIpc) is 3.06. The minimum atomic E-state index is -0.539. The fourth-order valence-electron chi connectivity index (χ4n) is 3.65. The standard InChI is InChI=1S/C24H24N6O3/c1-15-21(16(2)29(3)27-15)26-20(31)13-25-23(32)22-18-11-7-8-12-19(18)24(33)30(28-22)14-17-9-5-4-6-10-17/h4-12H,13-14H2,1-3H3,(H,25,32)(H,26,31). The van der Waals surface area contributed by atoms with Crippen molar-refractivity contribution in [1.29, 1.82) is 0 Å². The van der Waals surface area contributed by atoms with Crippen molar-refractivity contribution in [3.05, 3.63) is 87.6 Å². The van der Waals surface area contributed by atoms with Gasteiger partial charge in [0.15, 0.2) is 5.69 Å². The van der Waals surface area contributed by atoms with Gasteiger partial charge in [-0.15, -0.1) is 0 Å². The fourth-order valence-corrected chi connectivity index (χ4v) is 3.65. The summed E-state index contributed by atoms with van der Waals surface area (Å²) in [5.41, 5.74) is 2.81. The Bertz CT molecular complexity index is 1410. The summed E-state index contributed by atoms with van der Waals surface area (Å²) in [5, 5.41) is 14.8. The number of carbonyl (C=O) groups is 2. The zero-order valence-corrected chi connectivity index (χ0v) is 18.6. The van der Waals surface area contributed by atoms with Gasteiger partial charge >= 0.3 is 0 Å². The van der Waals surface area contributed by atoms with Crippen molar-refractivity contribution >= 4 is 28.3 Å². The number of nitrogens with one attached hydrogen (secondary N) is 2. The molecule has 0 aliphatic carbocycles. The van der Waals surface area contributed by atoms with Gasteiger partial charge in [0.1, 0.15) is 0 Å². The lowest BCUT2D eigenvalue weighted by molar-refractivity contribution is -0.115. The molecule has 9 heteroatoms. The van der Waals surface area contributed by atoms with E-state index in [2.05, 4.69) is 20.8 Å². The molecular formula is C24H24N6O3. The van der Waals surface area contributed by atoms with E-state index < -0.39 is 5.91 Å². The number of anilines is 1. The van der Waals surface area contributed by atoms with Crippen molar-refractivity contribution in [2.75, 3.05) is 11.9 Å². The minimum absolute atomic E-state index is 0.0858. The number of fused-ring (bicyclic) bond motifs is 1. The molecular weight excluding hydrogens is 420 g/mol. The van der Waals surface area contributed by atoms with Crippen molar-refractivity contribution in [2.45, 2.75) is 20.4 Å². The Hall–Kier alpha value is -4.27. The molecule has 0 saturated carbocycles. The van der Waals surface area contributed by atoms with Crippen molar-refractivity contribution in [3.63, 3.8) is 0 Å². The normalized spacial score (nSPS) is 10.9. The molecule has 0 spiro atoms. The smallest absolute Gasteiger partial charge is 0.274 e. The largest absolute Gasteiger partial charge is 0.342 e. The van der Waals surface area contributed by atoms with E-state index in [1.807, 2.05) is 37.3 Å². The first kappa shape index (κ1) is 21.9. The quantitative estimate of drug-likeness (QED) is 0.474. The molecule has 4 aromatic rings. The van der Waals surface area contributed by atoms with Gasteiger partial charge in [-0.25, -0.2) is 4.68 Å². The lowest BCUT2D eigenvalue weighted by atomic mass is 10.1. The van der Waals surface area contributed by atoms with Gasteiger partial charge in [-0.05, 0) is 25.5 Å². The summed E-state index contributed by atoms with van der Waals surface area (Å²) in [5.74, 6) is -0.924. The van der Waals surface area contributed by atoms with Crippen LogP contribution in [0.5, 0.6) is 0 Å². The lowest BCUT2D eigenvalue weighted by Gasteiger charge is -2.12. The minimum Gasteiger partial charge on any atom is -0.342 e. The number of aromatic nitrogens is 4. The number of nitrogens with zero attached hydrogens (tertiary/aromatic N) is 4. The van der Waals surface area contributed by atoms with Crippen molar-refractivity contribution < 1.29 is 9.59 Å². The SMILES string of the molecule is Cc1nn(C)c(C)c1NC(=O)CNC(=O)c1nn(Cc2ccccc2)c(=O)c2ccccc12. The highest BCUT2D eigenvalue weighted by molar-refractivity contribution is 6.06. The van der Waals surface area contributed by atoms with Gasteiger partial charge in [0.25, 0.3) is 11.5 Å². The Kier molecular flexibility index (Phi) is 6.03. The molecule has 0 saturated heterocycles. The molecule has 33 heavy (non-hydrogen) atoms. The van der Waals surface area contributed by atoms with Crippen LogP contribution in [0.2, 0.25) is 0 Å². The van der Waals surface area contributed by atoms with Gasteiger partial charge in [0.05, 0.1) is 35.6 Å². The Morgan fingerprint density at radius 1 is 0.939 bits per heavy atom. The summed E-state index contributed by atoms with van der Waals surface area (Å²) in [6.07, 6.45) is 0. The molecule has 9 nitrogen and oxygen atoms in total. The highest BCUT2D eigenvalue weighted by Crippen LogP contribution is 2.18. The average molecular weight is 444 g/mol. The summed E-state index contributed by atoms with van der Waals surface area (Å²) < 4.78 is 2.95. The maximum atomic E-state index is 13.0. The van der Waals surface area contributed by atoms with Crippen LogP contribution in [-0.2, 0) is 18.4 Å². The number of rotatable bonds is 6. The van der Waals surface area contributed by atoms with Gasteiger partial charge in [0, 0.05) is 12.4 Å². The topological polar surface area (TPSA) is 111 Å². The molecule has 2 amide bonds. The van der Waals surface area contributed by atoms with E-state index in [9.17, 15) is 14.4 Å². The Morgan fingerprint density at radius 3 is 2.27 bits per heavy atom. The second kappa shape index (κ2) is 9.07. The van der Waals surface area contributed by atoms with Crippen LogP contribution in [0.4, 0.5) is 5.69 Å². The van der Waals surface area contributed by atoms with Gasteiger partial charge in [-0.2, -0.15) is 10.2 Å². The first-order valence-electron chi connectivity index (χ1n) is 10.5. The monoisotopic (exact) mass is 444 g/mol. The third-order valence-electron chi connectivity index (χ3n) is 5.44. The van der Waals surface area contributed by atoms with E-state index >= 15 is 0 Å². The molecule has 0 unspecified atom stereocenters. The van der Waals surface area contributed by atoms with Crippen LogP contribution in [0, 0.1) is 13.8 Å². The van der Waals surface area contributed by atoms with Crippen LogP contribution >= 0.6 is 0 Å². The predicted molar refractivity (Wildman–Crippen MR) is 125 cm³/mol. The molecule has 0 bridgehead atoms. The van der Waals surface area contributed by atoms with E-state index in [4.69, 9.17) is 0 Å². The molecule has 0 atom stereocenters. The van der Waals surface area contributed by atoms with Crippen LogP contribution < -0.4 is 16.2 Å². The van der Waals surface area contributed by atoms with Gasteiger partial charge < -0.3 is 10.6 Å². The molecule has 2 heterocycles. The van der Waals surface area contributed by atoms with Crippen LogP contribution in [0.15, 0.2) is 59.4 Å². The molecule has 2 aromatic heterocycles. The first-order chi connectivity index (χ1) is 15.8. The second-order valence-corrected chi connectivity index (χ2v) is 7.74. The van der Waals surface area contributed by atoms with Crippen molar-refractivity contribution in [3.8, 4) is 0 Å². The third kappa shape index (κ3) is 4.52. The summed E-state index contributed by atoms with van der Waals surface area (Å²) in [4.78, 5) is 38.4. The number of aryl methyl sites for hydroxylation is 2. The van der Waals surface area contributed by atoms with E-state index in [1.165, 1.54) is 4.68 Å². The van der Waals surface area contributed by atoms with E-state index in [-0.39, 0.29) is 30.2 Å². The molecule has 168 valence electrons. The highest BCUT2D eigenvalue weighted by Gasteiger charge is 2.18. The number of amides is 2. The van der Waals surface area contributed by atoms with E-state index in [0.717, 1.165) is 11.3 Å². The number of carbonyl (C=O) groups excluding carboxylic acids is 2. The molecule has 0 radical (unpaired) electrons. The Labute approximate surface area is 190 Å². The van der Waals surface area contributed by atoms with Crippen LogP contribution in [0.1, 0.15) is 27.4 Å². The summed E-state index contributed by atoms with van der Waals surface area (Å²) in [6, 6.07) is 16.2. The molecule has 0 aliphatic heterocycles. The van der Waals surface area contributed by atoms with Crippen LogP contribution in [-0.4, -0.2) is 37.9 Å². The highest BCUT2D eigenvalue weighted by atomic mass is 16.2. The van der Waals surface area contributed by atoms with E-state index in [1.54, 1.807) is 42.9 Å². The third-order valence-corrected chi connectivity index (χ3v) is 5.44. The van der Waals surface area contributed by atoms with Gasteiger partial charge in [0.2, 0.25) is 5.91 Å². The summed E-state index contributed by atoms with van der Waals surface area (Å²) in [6.45, 7) is 3.62. The Balaban J connectivity index is 1.57. The maximum Gasteiger partial charge on any atom is 0.274 e. The van der Waals surface area contributed by atoms with Gasteiger partial charge in [-0.3, -0.25) is 19.1 Å². The summed E-state index contributed by atoms with van der Waals surface area (Å²) in [7, 11) is 1.79. The molecule has 4 rings (SSSR count). The number of benzene rings is 2. The first-order valence-corrected chi connectivity index (χ1v) is 10.5. The maximum absolute atomic E-state index is 13.0. The number of hydrogen-bond acceptors (Lipinski definition) is 5. The lowest BCUT2D eigenvalue weighted by Crippen LogP contribution is -2.35. The van der Waals surface area contributed by atoms with E-state index in [0.29, 0.717) is 22.2 Å². The second-order valence-electron chi connectivity index (χ2n) is 7.74. The van der Waals surface area contributed by atoms with Gasteiger partial charge in [-0.1, -0.05) is 48.5 Å². The Morgan fingerprint density at radius 2 is 1.61 bits per heavy atom. The zero-order chi connectivity index (χ0) is 23.5. The molecule has 2 N–H and O–H groups in total. The van der Waals surface area contributed by atoms with Crippen LogP contribution in [0.25, 0.3) is 10.8 Å². The fraction of sp³-hybridized carbons (Fsp3) is 0.208. The zero-order valence-electron chi connectivity index (χ0n) is 18.6. The summed E-state index contributed by atoms with van der Waals surface area (Å²) >= 11 is 0. The molecule has 2 aromatic carbocycles. The van der Waals surface area contributed by atoms with Crippen LogP contribution in [0.3, 0.4) is 0 Å². The van der Waals surface area contributed by atoms with Crippen molar-refractivity contribution in [1.82, 2.24) is 24.9 Å². The number of hydrogen-bond donors (Lipinski definition) is 2.